The highest BCUT2D eigenvalue weighted by molar-refractivity contribution is 5.81. The fourth-order valence-electron chi connectivity index (χ4n) is 8.73. The van der Waals surface area contributed by atoms with Crippen molar-refractivity contribution in [2.24, 2.45) is 22.7 Å². The first-order valence-corrected chi connectivity index (χ1v) is 23.5. The van der Waals surface area contributed by atoms with Crippen molar-refractivity contribution in [2.45, 2.75) is 179 Å². The maximum absolute atomic E-state index is 13.3. The van der Waals surface area contributed by atoms with Gasteiger partial charge in [-0.25, -0.2) is 0 Å². The van der Waals surface area contributed by atoms with Crippen molar-refractivity contribution in [3.63, 3.8) is 0 Å². The zero-order chi connectivity index (χ0) is 44.4. The molecular weight excluding hydrogens is 729 g/mol. The fourth-order valence-corrected chi connectivity index (χ4v) is 8.73. The van der Waals surface area contributed by atoms with Gasteiger partial charge in [-0.1, -0.05) is 216 Å². The number of ketones is 1. The highest BCUT2D eigenvalue weighted by Crippen LogP contribution is 2.45. The summed E-state index contributed by atoms with van der Waals surface area (Å²) in [5, 5.41) is 10.1. The average molecular weight is 815 g/mol. The number of carbonyl (C=O) groups excluding carboxylic acids is 1. The Hall–Kier alpha value is -3.75. The number of aliphatic hydroxyl groups is 1. The number of unbranched alkanes of at least 4 members (excludes halogenated alkanes) is 8. The lowest BCUT2D eigenvalue weighted by atomic mass is 9.67. The van der Waals surface area contributed by atoms with Gasteiger partial charge in [-0.2, -0.15) is 0 Å². The first kappa shape index (κ1) is 52.4. The van der Waals surface area contributed by atoms with Gasteiger partial charge in [0, 0.05) is 18.3 Å². The molecule has 0 aliphatic heterocycles. The third-order valence-electron chi connectivity index (χ3n) is 12.2. The minimum atomic E-state index is -0.336. The summed E-state index contributed by atoms with van der Waals surface area (Å²) in [6.45, 7) is 24.2. The number of aliphatic hydroxyl groups excluding tert-OH is 1. The number of allylic oxidation sites excluding steroid dienone is 25. The zero-order valence-electron chi connectivity index (χ0n) is 40.2. The second-order valence-corrected chi connectivity index (χ2v) is 19.2. The molecule has 2 nitrogen and oxygen atoms in total. The number of rotatable bonds is 25. The molecule has 0 saturated heterocycles. The molecule has 2 heteroatoms. The highest BCUT2D eigenvalue weighted by Gasteiger charge is 2.36. The normalized spacial score (nSPS) is 22.4. The SMILES string of the molecule is CCCCC/C=C\C/C=C\CCCCCCCC(=O)[C@@H]1CC(C)=C(/C=C/C(C)=C/C=C/C(C)=C/C=C/C=C(C)/C=C/C=C(C)/C=C/[C@H]2C(C)=C[C@H](O)CC2(C)C)C(C)(C)C1. The van der Waals surface area contributed by atoms with E-state index in [1.807, 2.05) is 6.08 Å². The fraction of sp³-hybridized carbons (Fsp3) is 0.534. The molecule has 0 radical (unpaired) electrons. The molecule has 0 fully saturated rings. The molecule has 0 spiro atoms. The summed E-state index contributed by atoms with van der Waals surface area (Å²) in [6.07, 6.45) is 57.9. The third kappa shape index (κ3) is 21.7. The Labute approximate surface area is 370 Å². The maximum Gasteiger partial charge on any atom is 0.136 e. The van der Waals surface area contributed by atoms with Gasteiger partial charge in [0.1, 0.15) is 5.78 Å². The Bertz CT molecular complexity index is 1730. The van der Waals surface area contributed by atoms with E-state index in [9.17, 15) is 9.90 Å². The van der Waals surface area contributed by atoms with Crippen LogP contribution in [-0.2, 0) is 4.79 Å². The Morgan fingerprint density at radius 2 is 1.22 bits per heavy atom. The quantitative estimate of drug-likeness (QED) is 0.0566. The molecule has 60 heavy (non-hydrogen) atoms. The molecule has 2 aliphatic rings. The molecule has 330 valence electrons. The van der Waals surface area contributed by atoms with Crippen LogP contribution in [0.1, 0.15) is 172 Å². The van der Waals surface area contributed by atoms with Crippen LogP contribution in [0.3, 0.4) is 0 Å². The van der Waals surface area contributed by atoms with Crippen LogP contribution >= 0.6 is 0 Å². The molecule has 3 atom stereocenters. The number of Topliss-reactive ketones (excluding diaryl/α,β-unsaturated/α-hetero) is 1. The largest absolute Gasteiger partial charge is 0.389 e. The summed E-state index contributed by atoms with van der Waals surface area (Å²) in [5.74, 6) is 0.964. The van der Waals surface area contributed by atoms with Crippen molar-refractivity contribution in [1.82, 2.24) is 0 Å². The molecule has 0 aromatic carbocycles. The van der Waals surface area contributed by atoms with Gasteiger partial charge in [0.25, 0.3) is 0 Å². The topological polar surface area (TPSA) is 37.3 Å². The minimum absolute atomic E-state index is 0.00934. The standard InChI is InChI=1S/C58H86O2/c1-12-13-14-15-16-17-18-19-20-21-22-23-24-25-26-37-56(60)52-42-50(6)54(57(8,9)44-52)40-38-48(4)35-29-33-46(2)31-27-28-32-47(3)34-30-36-49(5)39-41-55-51(7)43-53(59)45-58(55,10)11/h16-17,19-20,27-36,38-41,43,52-53,55,59H,12-15,18,21-26,37,42,44-45H2,1-11H3/b17-16-,20-19-,28-27+,33-29+,34-30+,40-38+,41-39+,46-31+,47-32+,48-35+,49-36+/t52-,53+,55+/m1/s1. The Morgan fingerprint density at radius 1 is 0.683 bits per heavy atom. The lowest BCUT2D eigenvalue weighted by Gasteiger charge is -2.38. The molecule has 0 saturated carbocycles. The summed E-state index contributed by atoms with van der Waals surface area (Å²) >= 11 is 0. The number of hydrogen-bond donors (Lipinski definition) is 1. The van der Waals surface area contributed by atoms with Crippen molar-refractivity contribution >= 4 is 5.78 Å². The lowest BCUT2D eigenvalue weighted by molar-refractivity contribution is -0.124. The van der Waals surface area contributed by atoms with E-state index >= 15 is 0 Å². The van der Waals surface area contributed by atoms with Gasteiger partial charge in [-0.05, 0) is 116 Å². The van der Waals surface area contributed by atoms with Crippen LogP contribution in [0.4, 0.5) is 0 Å². The molecule has 2 aliphatic carbocycles. The van der Waals surface area contributed by atoms with E-state index in [2.05, 4.69) is 186 Å². The molecule has 0 amide bonds. The van der Waals surface area contributed by atoms with E-state index in [1.54, 1.807) is 0 Å². The molecule has 0 heterocycles. The smallest absolute Gasteiger partial charge is 0.136 e. The molecule has 0 unspecified atom stereocenters. The highest BCUT2D eigenvalue weighted by atomic mass is 16.3. The van der Waals surface area contributed by atoms with Crippen LogP contribution < -0.4 is 0 Å². The zero-order valence-corrected chi connectivity index (χ0v) is 40.2. The van der Waals surface area contributed by atoms with Gasteiger partial charge in [0.15, 0.2) is 0 Å². The predicted octanol–water partition coefficient (Wildman–Crippen LogP) is 17.0. The monoisotopic (exact) mass is 815 g/mol. The van der Waals surface area contributed by atoms with Crippen LogP contribution in [0.15, 0.2) is 154 Å². The van der Waals surface area contributed by atoms with Crippen molar-refractivity contribution < 1.29 is 9.90 Å². The summed E-state index contributed by atoms with van der Waals surface area (Å²) < 4.78 is 0. The molecule has 0 bridgehead atoms. The number of carbonyl (C=O) groups is 1. The molecular formula is C58H86O2. The van der Waals surface area contributed by atoms with Crippen LogP contribution in [0.5, 0.6) is 0 Å². The van der Waals surface area contributed by atoms with Gasteiger partial charge in [0.05, 0.1) is 6.10 Å². The summed E-state index contributed by atoms with van der Waals surface area (Å²) in [5.41, 5.74) is 8.83. The number of hydrogen-bond acceptors (Lipinski definition) is 2. The van der Waals surface area contributed by atoms with E-state index in [0.717, 1.165) is 38.5 Å². The van der Waals surface area contributed by atoms with E-state index in [1.165, 1.54) is 96.8 Å². The summed E-state index contributed by atoms with van der Waals surface area (Å²) in [4.78, 5) is 13.3. The molecule has 0 aromatic heterocycles. The van der Waals surface area contributed by atoms with Gasteiger partial charge >= 0.3 is 0 Å². The first-order chi connectivity index (χ1) is 28.6. The van der Waals surface area contributed by atoms with Gasteiger partial charge in [-0.15, -0.1) is 0 Å². The van der Waals surface area contributed by atoms with Crippen molar-refractivity contribution in [3.05, 3.63) is 154 Å². The van der Waals surface area contributed by atoms with Crippen LogP contribution in [0, 0.1) is 22.7 Å². The Balaban J connectivity index is 1.77. The van der Waals surface area contributed by atoms with E-state index < -0.39 is 0 Å². The Kier molecular flexibility index (Phi) is 25.1. The van der Waals surface area contributed by atoms with E-state index in [0.29, 0.717) is 11.7 Å². The first-order valence-electron chi connectivity index (χ1n) is 23.5. The van der Waals surface area contributed by atoms with Gasteiger partial charge in [-0.3, -0.25) is 4.79 Å². The van der Waals surface area contributed by atoms with Crippen LogP contribution in [-0.4, -0.2) is 17.0 Å². The lowest BCUT2D eigenvalue weighted by Crippen LogP contribution is -2.32. The molecule has 0 aromatic rings. The Morgan fingerprint density at radius 3 is 1.80 bits per heavy atom. The van der Waals surface area contributed by atoms with Gasteiger partial charge in [0.2, 0.25) is 0 Å². The second kappa shape index (κ2) is 28.7. The van der Waals surface area contributed by atoms with E-state index in [4.69, 9.17) is 0 Å². The summed E-state index contributed by atoms with van der Waals surface area (Å²) in [6, 6.07) is 0. The predicted molar refractivity (Wildman–Crippen MR) is 266 cm³/mol. The van der Waals surface area contributed by atoms with Crippen LogP contribution in [0.2, 0.25) is 0 Å². The van der Waals surface area contributed by atoms with Crippen LogP contribution in [0.25, 0.3) is 0 Å². The van der Waals surface area contributed by atoms with Gasteiger partial charge < -0.3 is 5.11 Å². The third-order valence-corrected chi connectivity index (χ3v) is 12.2. The van der Waals surface area contributed by atoms with Crippen molar-refractivity contribution in [3.8, 4) is 0 Å². The minimum Gasteiger partial charge on any atom is -0.389 e. The van der Waals surface area contributed by atoms with Crippen molar-refractivity contribution in [2.75, 3.05) is 0 Å². The van der Waals surface area contributed by atoms with Crippen molar-refractivity contribution in [1.29, 1.82) is 0 Å². The molecule has 1 N–H and O–H groups in total. The second-order valence-electron chi connectivity index (χ2n) is 19.2. The summed E-state index contributed by atoms with van der Waals surface area (Å²) in [7, 11) is 0. The average Bonchev–Trinajstić information content (AvgIpc) is 3.16. The maximum atomic E-state index is 13.3. The van der Waals surface area contributed by atoms with E-state index in [-0.39, 0.29) is 22.9 Å². The molecule has 2 rings (SSSR count).